The lowest BCUT2D eigenvalue weighted by molar-refractivity contribution is 0.174. The van der Waals surface area contributed by atoms with Gasteiger partial charge in [-0.2, -0.15) is 0 Å². The van der Waals surface area contributed by atoms with E-state index in [2.05, 4.69) is 140 Å². The van der Waals surface area contributed by atoms with E-state index in [9.17, 15) is 0 Å². The Morgan fingerprint density at radius 1 is 0.538 bits per heavy atom. The van der Waals surface area contributed by atoms with Crippen molar-refractivity contribution in [2.45, 2.75) is 79.6 Å². The number of hydrogen-bond donors (Lipinski definition) is 0. The van der Waals surface area contributed by atoms with Crippen LogP contribution >= 0.6 is 0 Å². The summed E-state index contributed by atoms with van der Waals surface area (Å²) < 4.78 is 10.5. The zero-order valence-corrected chi connectivity index (χ0v) is 24.4. The Labute approximate surface area is 238 Å². The first-order valence-corrected chi connectivity index (χ1v) is 13.6. The fourth-order valence-corrected chi connectivity index (χ4v) is 4.00. The minimum atomic E-state index is 0. The first-order chi connectivity index (χ1) is 17.9. The number of ether oxygens (including phenoxy) is 2. The molecule has 0 radical (unpaired) electrons. The molecule has 0 aromatic heterocycles. The molecule has 2 heteroatoms. The first-order valence-electron chi connectivity index (χ1n) is 13.6. The van der Waals surface area contributed by atoms with E-state index in [0.717, 1.165) is 11.5 Å². The van der Waals surface area contributed by atoms with Crippen LogP contribution in [0, 0.1) is 0 Å². The van der Waals surface area contributed by atoms with E-state index in [1.807, 2.05) is 18.2 Å². The summed E-state index contributed by atoms with van der Waals surface area (Å²) in [5.74, 6) is 2.28. The summed E-state index contributed by atoms with van der Waals surface area (Å²) in [4.78, 5) is 0. The molecule has 39 heavy (non-hydrogen) atoms. The molecule has 0 bridgehead atoms. The van der Waals surface area contributed by atoms with Crippen molar-refractivity contribution in [1.82, 2.24) is 0 Å². The average molecular weight is 525 g/mol. The van der Waals surface area contributed by atoms with Gasteiger partial charge in [-0.1, -0.05) is 154 Å². The first kappa shape index (κ1) is 31.7. The van der Waals surface area contributed by atoms with Crippen molar-refractivity contribution in [1.29, 1.82) is 0 Å². The van der Waals surface area contributed by atoms with Crippen LogP contribution < -0.4 is 9.47 Å². The number of rotatable bonds is 2. The van der Waals surface area contributed by atoms with Crippen LogP contribution in [0.4, 0.5) is 0 Å². The van der Waals surface area contributed by atoms with Gasteiger partial charge in [-0.15, -0.1) is 0 Å². The van der Waals surface area contributed by atoms with Crippen molar-refractivity contribution in [2.75, 3.05) is 6.79 Å². The topological polar surface area (TPSA) is 18.5 Å². The van der Waals surface area contributed by atoms with Crippen LogP contribution in [0.2, 0.25) is 0 Å². The van der Waals surface area contributed by atoms with Gasteiger partial charge in [0.1, 0.15) is 0 Å². The van der Waals surface area contributed by atoms with Gasteiger partial charge in [0.05, 0.1) is 0 Å². The van der Waals surface area contributed by atoms with Crippen molar-refractivity contribution < 1.29 is 9.47 Å². The van der Waals surface area contributed by atoms with Gasteiger partial charge in [0.15, 0.2) is 11.5 Å². The highest BCUT2D eigenvalue weighted by Gasteiger charge is 2.14. The molecule has 2 nitrogen and oxygen atoms in total. The molecule has 0 fully saturated rings. The normalized spacial score (nSPS) is 11.9. The lowest BCUT2D eigenvalue weighted by Gasteiger charge is -2.19. The van der Waals surface area contributed by atoms with Crippen LogP contribution in [-0.2, 0) is 10.8 Å². The van der Waals surface area contributed by atoms with Crippen molar-refractivity contribution in [3.63, 3.8) is 0 Å². The Bertz CT molecular complexity index is 1240. The monoisotopic (exact) mass is 524 g/mol. The lowest BCUT2D eigenvalue weighted by atomic mass is 9.86. The van der Waals surface area contributed by atoms with E-state index >= 15 is 0 Å². The SMILES string of the molecule is C.CC(C)(C)c1ccc(-c2ccccc2)cc1.CC(C)(C)c1ccccc1.CC(C)c1ccc2c(c1)OCO2. The molecule has 1 heterocycles. The van der Waals surface area contributed by atoms with E-state index in [1.54, 1.807) is 0 Å². The summed E-state index contributed by atoms with van der Waals surface area (Å²) in [5, 5.41) is 0. The molecule has 208 valence electrons. The van der Waals surface area contributed by atoms with Crippen molar-refractivity contribution in [2.24, 2.45) is 0 Å². The quantitative estimate of drug-likeness (QED) is 0.260. The Balaban J connectivity index is 0.000000209. The summed E-state index contributed by atoms with van der Waals surface area (Å²) in [6.45, 7) is 18.1. The van der Waals surface area contributed by atoms with Crippen molar-refractivity contribution >= 4 is 0 Å². The highest BCUT2D eigenvalue weighted by molar-refractivity contribution is 5.63. The fourth-order valence-electron chi connectivity index (χ4n) is 4.00. The molecule has 4 aromatic rings. The molecule has 0 atom stereocenters. The van der Waals surface area contributed by atoms with Crippen molar-refractivity contribution in [3.05, 3.63) is 120 Å². The van der Waals surface area contributed by atoms with E-state index in [0.29, 0.717) is 18.1 Å². The maximum absolute atomic E-state index is 5.27. The third-order valence-corrected chi connectivity index (χ3v) is 6.56. The molecule has 0 unspecified atom stereocenters. The van der Waals surface area contributed by atoms with Gasteiger partial charge < -0.3 is 9.47 Å². The number of benzene rings is 4. The third-order valence-electron chi connectivity index (χ3n) is 6.56. The van der Waals surface area contributed by atoms with Crippen LogP contribution in [0.5, 0.6) is 11.5 Å². The minimum Gasteiger partial charge on any atom is -0.454 e. The highest BCUT2D eigenvalue weighted by atomic mass is 16.7. The number of hydrogen-bond acceptors (Lipinski definition) is 2. The van der Waals surface area contributed by atoms with Crippen LogP contribution in [0.3, 0.4) is 0 Å². The molecule has 0 N–H and O–H groups in total. The summed E-state index contributed by atoms with van der Waals surface area (Å²) in [7, 11) is 0. The molecule has 0 aliphatic carbocycles. The van der Waals surface area contributed by atoms with Gasteiger partial charge in [-0.3, -0.25) is 0 Å². The Hall–Kier alpha value is -3.52. The summed E-state index contributed by atoms with van der Waals surface area (Å²) in [6.07, 6.45) is 0. The van der Waals surface area contributed by atoms with Gasteiger partial charge in [0.2, 0.25) is 6.79 Å². The van der Waals surface area contributed by atoms with Gasteiger partial charge >= 0.3 is 0 Å². The maximum Gasteiger partial charge on any atom is 0.231 e. The molecule has 1 aliphatic heterocycles. The molecule has 5 rings (SSSR count). The second-order valence-electron chi connectivity index (χ2n) is 12.1. The highest BCUT2D eigenvalue weighted by Crippen LogP contribution is 2.34. The van der Waals surface area contributed by atoms with Crippen LogP contribution in [0.15, 0.2) is 103 Å². The van der Waals surface area contributed by atoms with Gasteiger partial charge in [-0.25, -0.2) is 0 Å². The number of fused-ring (bicyclic) bond motifs is 1. The average Bonchev–Trinajstić information content (AvgIpc) is 3.38. The second kappa shape index (κ2) is 14.0. The van der Waals surface area contributed by atoms with E-state index < -0.39 is 0 Å². The smallest absolute Gasteiger partial charge is 0.231 e. The lowest BCUT2D eigenvalue weighted by Crippen LogP contribution is -2.10. The Morgan fingerprint density at radius 3 is 1.49 bits per heavy atom. The predicted octanol–water partition coefficient (Wildman–Crippen LogP) is 10.8. The third kappa shape index (κ3) is 9.62. The molecule has 0 saturated heterocycles. The summed E-state index contributed by atoms with van der Waals surface area (Å²) in [5.41, 5.74) is 7.16. The Morgan fingerprint density at radius 2 is 1.00 bits per heavy atom. The van der Waals surface area contributed by atoms with Crippen LogP contribution in [0.25, 0.3) is 11.1 Å². The molecule has 0 spiro atoms. The standard InChI is InChI=1S/C16H18.C10H12O2.C10H14.CH4/c1-16(2,3)15-11-9-14(10-12-15)13-7-5-4-6-8-13;1-7(2)8-3-4-9-10(5-8)12-6-11-9;1-10(2,3)9-7-5-4-6-8-9;/h4-12H,1-3H3;3-5,7H,6H2,1-2H3;4-8H,1-3H3;1H4. The second-order valence-corrected chi connectivity index (χ2v) is 12.1. The summed E-state index contributed by atoms with van der Waals surface area (Å²) >= 11 is 0. The maximum atomic E-state index is 5.27. The van der Waals surface area contributed by atoms with Crippen LogP contribution in [0.1, 0.15) is 85.4 Å². The minimum absolute atomic E-state index is 0. The summed E-state index contributed by atoms with van der Waals surface area (Å²) in [6, 6.07) is 36.0. The van der Waals surface area contributed by atoms with Gasteiger partial charge in [0, 0.05) is 0 Å². The fraction of sp³-hybridized carbons (Fsp3) is 0.351. The molecule has 4 aromatic carbocycles. The van der Waals surface area contributed by atoms with Gasteiger partial charge in [-0.05, 0) is 56.7 Å². The van der Waals surface area contributed by atoms with Crippen LogP contribution in [-0.4, -0.2) is 6.79 Å². The Kier molecular flexibility index (Phi) is 11.4. The van der Waals surface area contributed by atoms with E-state index in [-0.39, 0.29) is 12.8 Å². The zero-order valence-electron chi connectivity index (χ0n) is 24.4. The van der Waals surface area contributed by atoms with E-state index in [4.69, 9.17) is 9.47 Å². The zero-order chi connectivity index (χ0) is 27.8. The molecular formula is C37H48O2. The largest absolute Gasteiger partial charge is 0.454 e. The molecule has 0 amide bonds. The van der Waals surface area contributed by atoms with Gasteiger partial charge in [0.25, 0.3) is 0 Å². The molecule has 1 aliphatic rings. The molecule has 0 saturated carbocycles. The predicted molar refractivity (Wildman–Crippen MR) is 169 cm³/mol. The van der Waals surface area contributed by atoms with E-state index in [1.165, 1.54) is 27.8 Å². The van der Waals surface area contributed by atoms with Crippen molar-refractivity contribution in [3.8, 4) is 22.6 Å². The molecular weight excluding hydrogens is 476 g/mol.